The Kier molecular flexibility index (Phi) is 5.67. The van der Waals surface area contributed by atoms with Crippen molar-refractivity contribution in [2.45, 2.75) is 19.0 Å². The van der Waals surface area contributed by atoms with Crippen molar-refractivity contribution in [2.75, 3.05) is 0 Å². The summed E-state index contributed by atoms with van der Waals surface area (Å²) in [6.07, 6.45) is 2.29. The SMILES string of the molecule is C[C@@H](NC(=O)[C@@H](c1c[nH]c2ccccc12)n1c(=O)[nH]c2ccc(F)cc2c1=O)c1ncc(F)cc1F. The van der Waals surface area contributed by atoms with Crippen molar-refractivity contribution in [3.63, 3.8) is 0 Å². The molecule has 0 fully saturated rings. The van der Waals surface area contributed by atoms with Gasteiger partial charge in [0.25, 0.3) is 5.56 Å². The molecule has 0 aliphatic carbocycles. The average molecular weight is 493 g/mol. The van der Waals surface area contributed by atoms with Gasteiger partial charge >= 0.3 is 5.69 Å². The quantitative estimate of drug-likeness (QED) is 0.348. The molecular weight excluding hydrogens is 475 g/mol. The number of nitrogens with zero attached hydrogens (tertiary/aromatic N) is 2. The Morgan fingerprint density at radius 1 is 1.00 bits per heavy atom. The number of nitrogens with one attached hydrogen (secondary N) is 3. The lowest BCUT2D eigenvalue weighted by atomic mass is 10.0. The van der Waals surface area contributed by atoms with Crippen LogP contribution in [0.15, 0.2) is 70.5 Å². The van der Waals surface area contributed by atoms with Crippen molar-refractivity contribution in [3.8, 4) is 0 Å². The number of carbonyl (C=O) groups excluding carboxylic acids is 1. The van der Waals surface area contributed by atoms with E-state index in [0.717, 1.165) is 18.3 Å². The zero-order valence-electron chi connectivity index (χ0n) is 18.7. The van der Waals surface area contributed by atoms with Gasteiger partial charge in [0.15, 0.2) is 0 Å². The van der Waals surface area contributed by atoms with Crippen LogP contribution in [0.25, 0.3) is 21.8 Å². The Labute approximate surface area is 200 Å². The summed E-state index contributed by atoms with van der Waals surface area (Å²) in [4.78, 5) is 49.3. The van der Waals surface area contributed by atoms with Crippen LogP contribution in [-0.4, -0.2) is 25.4 Å². The van der Waals surface area contributed by atoms with E-state index >= 15 is 0 Å². The summed E-state index contributed by atoms with van der Waals surface area (Å²) in [5.74, 6) is -3.38. The highest BCUT2D eigenvalue weighted by atomic mass is 19.1. The normalized spacial score (nSPS) is 13.1. The number of pyridine rings is 1. The van der Waals surface area contributed by atoms with E-state index in [2.05, 4.69) is 20.3 Å². The Morgan fingerprint density at radius 3 is 2.56 bits per heavy atom. The van der Waals surface area contributed by atoms with Gasteiger partial charge < -0.3 is 15.3 Å². The number of H-pyrrole nitrogens is 2. The van der Waals surface area contributed by atoms with E-state index < -0.39 is 46.7 Å². The Hall–Kier alpha value is -4.67. The first-order chi connectivity index (χ1) is 17.2. The van der Waals surface area contributed by atoms with Crippen molar-refractivity contribution in [2.24, 2.45) is 0 Å². The minimum atomic E-state index is -1.52. The van der Waals surface area contributed by atoms with Crippen LogP contribution < -0.4 is 16.6 Å². The van der Waals surface area contributed by atoms with Gasteiger partial charge in [-0.3, -0.25) is 14.6 Å². The van der Waals surface area contributed by atoms with Gasteiger partial charge in [-0.05, 0) is 31.2 Å². The maximum atomic E-state index is 14.3. The Morgan fingerprint density at radius 2 is 1.78 bits per heavy atom. The maximum Gasteiger partial charge on any atom is 0.329 e. The standard InChI is InChI=1S/C25H18F3N5O3/c1-12(21-18(28)9-14(27)10-30-21)31-23(34)22(17-11-29-19-5-3-2-4-15(17)19)33-24(35)16-8-13(26)6-7-20(16)32-25(33)36/h2-12,22,29H,1H3,(H,31,34)(H,32,36)/t12-,22-/m1/s1. The first kappa shape index (κ1) is 23.1. The number of rotatable bonds is 5. The molecule has 0 aliphatic heterocycles. The summed E-state index contributed by atoms with van der Waals surface area (Å²) < 4.78 is 42.2. The van der Waals surface area contributed by atoms with Crippen molar-refractivity contribution >= 4 is 27.7 Å². The van der Waals surface area contributed by atoms with E-state index in [1.807, 2.05) is 0 Å². The van der Waals surface area contributed by atoms with Crippen LogP contribution in [0.4, 0.5) is 13.2 Å². The molecule has 0 unspecified atom stereocenters. The minimum absolute atomic E-state index is 0.103. The minimum Gasteiger partial charge on any atom is -0.361 e. The van der Waals surface area contributed by atoms with Crippen LogP contribution >= 0.6 is 0 Å². The van der Waals surface area contributed by atoms with Crippen LogP contribution in [0.2, 0.25) is 0 Å². The van der Waals surface area contributed by atoms with Crippen LogP contribution in [0.3, 0.4) is 0 Å². The first-order valence-corrected chi connectivity index (χ1v) is 10.9. The number of aromatic nitrogens is 4. The molecular formula is C25H18F3N5O3. The lowest BCUT2D eigenvalue weighted by Crippen LogP contribution is -2.45. The summed E-state index contributed by atoms with van der Waals surface area (Å²) in [7, 11) is 0. The third-order valence-corrected chi connectivity index (χ3v) is 5.92. The zero-order chi connectivity index (χ0) is 25.6. The summed E-state index contributed by atoms with van der Waals surface area (Å²) in [6.45, 7) is 1.43. The molecule has 36 heavy (non-hydrogen) atoms. The number of amides is 1. The van der Waals surface area contributed by atoms with Crippen molar-refractivity contribution in [1.82, 2.24) is 24.8 Å². The summed E-state index contributed by atoms with van der Waals surface area (Å²) >= 11 is 0. The third-order valence-electron chi connectivity index (χ3n) is 5.92. The highest BCUT2D eigenvalue weighted by Gasteiger charge is 2.31. The predicted molar refractivity (Wildman–Crippen MR) is 126 cm³/mol. The molecule has 11 heteroatoms. The molecule has 0 saturated heterocycles. The molecule has 2 atom stereocenters. The molecule has 0 spiro atoms. The first-order valence-electron chi connectivity index (χ1n) is 10.9. The monoisotopic (exact) mass is 493 g/mol. The Balaban J connectivity index is 1.68. The van der Waals surface area contributed by atoms with Gasteiger partial charge in [-0.25, -0.2) is 22.5 Å². The number of fused-ring (bicyclic) bond motifs is 2. The summed E-state index contributed by atoms with van der Waals surface area (Å²) in [5.41, 5.74) is -0.997. The van der Waals surface area contributed by atoms with Gasteiger partial charge in [0, 0.05) is 28.7 Å². The molecule has 3 N–H and O–H groups in total. The number of halogens is 3. The number of hydrogen-bond acceptors (Lipinski definition) is 4. The topological polar surface area (TPSA) is 113 Å². The highest BCUT2D eigenvalue weighted by molar-refractivity contribution is 5.92. The van der Waals surface area contributed by atoms with E-state index in [4.69, 9.17) is 0 Å². The molecule has 0 saturated carbocycles. The molecule has 1 amide bonds. The lowest BCUT2D eigenvalue weighted by Gasteiger charge is -2.22. The highest BCUT2D eigenvalue weighted by Crippen LogP contribution is 2.27. The van der Waals surface area contributed by atoms with Gasteiger partial charge in [-0.15, -0.1) is 0 Å². The number of para-hydroxylation sites is 1. The van der Waals surface area contributed by atoms with Gasteiger partial charge in [-0.2, -0.15) is 0 Å². The number of benzene rings is 2. The molecule has 3 heterocycles. The second-order valence-electron chi connectivity index (χ2n) is 8.24. The maximum absolute atomic E-state index is 14.3. The van der Waals surface area contributed by atoms with Crippen LogP contribution in [-0.2, 0) is 4.79 Å². The van der Waals surface area contributed by atoms with Crippen LogP contribution in [0.5, 0.6) is 0 Å². The number of hydrogen-bond donors (Lipinski definition) is 3. The smallest absolute Gasteiger partial charge is 0.329 e. The molecule has 3 aromatic heterocycles. The summed E-state index contributed by atoms with van der Waals surface area (Å²) in [6, 6.07) is 8.32. The van der Waals surface area contributed by atoms with E-state index in [1.165, 1.54) is 19.2 Å². The van der Waals surface area contributed by atoms with Crippen LogP contribution in [0.1, 0.15) is 30.3 Å². The molecule has 182 valence electrons. The molecule has 0 bridgehead atoms. The number of carbonyl (C=O) groups is 1. The van der Waals surface area contributed by atoms with Gasteiger partial charge in [-0.1, -0.05) is 18.2 Å². The summed E-state index contributed by atoms with van der Waals surface area (Å²) in [5, 5.41) is 2.98. The number of aromatic amines is 2. The zero-order valence-corrected chi connectivity index (χ0v) is 18.7. The van der Waals surface area contributed by atoms with Gasteiger partial charge in [0.2, 0.25) is 5.91 Å². The average Bonchev–Trinajstić information content (AvgIpc) is 3.25. The molecule has 0 radical (unpaired) electrons. The van der Waals surface area contributed by atoms with E-state index in [-0.39, 0.29) is 22.2 Å². The molecule has 5 aromatic rings. The van der Waals surface area contributed by atoms with E-state index in [0.29, 0.717) is 21.5 Å². The van der Waals surface area contributed by atoms with Gasteiger partial charge in [0.05, 0.1) is 28.8 Å². The Bertz CT molecular complexity index is 1760. The van der Waals surface area contributed by atoms with Gasteiger partial charge in [0.1, 0.15) is 23.5 Å². The second kappa shape index (κ2) is 8.84. The fraction of sp³-hybridized carbons (Fsp3) is 0.120. The predicted octanol–water partition coefficient (Wildman–Crippen LogP) is 3.45. The lowest BCUT2D eigenvalue weighted by molar-refractivity contribution is -0.124. The molecule has 0 aliphatic rings. The molecule has 2 aromatic carbocycles. The fourth-order valence-corrected chi connectivity index (χ4v) is 4.26. The van der Waals surface area contributed by atoms with Crippen LogP contribution in [0, 0.1) is 17.5 Å². The van der Waals surface area contributed by atoms with Crippen molar-refractivity contribution in [1.29, 1.82) is 0 Å². The third kappa shape index (κ3) is 3.94. The second-order valence-corrected chi connectivity index (χ2v) is 8.24. The largest absolute Gasteiger partial charge is 0.361 e. The molecule has 8 nitrogen and oxygen atoms in total. The molecule has 5 rings (SSSR count). The van der Waals surface area contributed by atoms with Crippen molar-refractivity contribution < 1.29 is 18.0 Å². The van der Waals surface area contributed by atoms with E-state index in [9.17, 15) is 27.6 Å². The fourth-order valence-electron chi connectivity index (χ4n) is 4.26. The van der Waals surface area contributed by atoms with E-state index in [1.54, 1.807) is 24.3 Å². The van der Waals surface area contributed by atoms with Crippen molar-refractivity contribution in [3.05, 3.63) is 110 Å².